The quantitative estimate of drug-likeness (QED) is 0.280. The molecule has 1 heterocycles. The summed E-state index contributed by atoms with van der Waals surface area (Å²) in [4.78, 5) is 0. The first-order valence-corrected chi connectivity index (χ1v) is 11.4. The lowest BCUT2D eigenvalue weighted by Gasteiger charge is -2.08. The predicted octanol–water partition coefficient (Wildman–Crippen LogP) is 8.44. The Balaban J connectivity index is 1.36. The lowest BCUT2D eigenvalue weighted by molar-refractivity contribution is 1.20. The number of rotatable bonds is 3. The van der Waals surface area contributed by atoms with E-state index in [1.165, 1.54) is 54.0 Å². The lowest BCUT2D eigenvalue weighted by atomic mass is 9.97. The van der Waals surface area contributed by atoms with Crippen LogP contribution < -0.4 is 0 Å². The molecule has 1 unspecified atom stereocenters. The van der Waals surface area contributed by atoms with Gasteiger partial charge in [-0.05, 0) is 61.4 Å². The molecule has 142 valence electrons. The Bertz CT molecular complexity index is 1520. The fourth-order valence-electron chi connectivity index (χ4n) is 4.48. The zero-order valence-electron chi connectivity index (χ0n) is 16.6. The van der Waals surface area contributed by atoms with Crippen molar-refractivity contribution in [2.45, 2.75) is 6.42 Å². The van der Waals surface area contributed by atoms with Gasteiger partial charge in [-0.25, -0.2) is 0 Å². The average molecular weight is 400 g/mol. The maximum Gasteiger partial charge on any atom is 0.0000129 e. The number of hydrogen-bond acceptors (Lipinski definition) is 0. The summed E-state index contributed by atoms with van der Waals surface area (Å²) < 4.78 is 0. The lowest BCUT2D eigenvalue weighted by Crippen LogP contribution is -1.89. The van der Waals surface area contributed by atoms with Gasteiger partial charge in [0.2, 0.25) is 0 Å². The average Bonchev–Trinajstić information content (AvgIpc) is 3.17. The molecule has 1 aromatic heterocycles. The minimum Gasteiger partial charge on any atom is -0.123 e. The van der Waals surface area contributed by atoms with Gasteiger partial charge in [-0.3, -0.25) is 0 Å². The molecule has 0 nitrogen and oxygen atoms in total. The predicted molar refractivity (Wildman–Crippen MR) is 133 cm³/mol. The second-order valence-electron chi connectivity index (χ2n) is 7.99. The largest absolute Gasteiger partial charge is 0.123 e. The van der Waals surface area contributed by atoms with E-state index in [1.807, 2.05) is 0 Å². The van der Waals surface area contributed by atoms with Crippen molar-refractivity contribution in [2.75, 3.05) is 0 Å². The summed E-state index contributed by atoms with van der Waals surface area (Å²) in [7, 11) is 0.758. The zero-order chi connectivity index (χ0) is 19.9. The molecule has 0 fully saturated rings. The van der Waals surface area contributed by atoms with E-state index in [0.717, 1.165) is 14.6 Å². The molecule has 0 radical (unpaired) electrons. The van der Waals surface area contributed by atoms with Gasteiger partial charge < -0.3 is 0 Å². The summed E-state index contributed by atoms with van der Waals surface area (Å²) in [5, 5.41) is 8.35. The molecule has 30 heavy (non-hydrogen) atoms. The highest BCUT2D eigenvalue weighted by Gasteiger charge is 2.06. The first-order chi connectivity index (χ1) is 14.8. The van der Waals surface area contributed by atoms with Crippen molar-refractivity contribution in [3.8, 4) is 11.1 Å². The van der Waals surface area contributed by atoms with Crippen molar-refractivity contribution >= 4 is 40.0 Å². The van der Waals surface area contributed by atoms with Gasteiger partial charge in [0, 0.05) is 5.12 Å². The van der Waals surface area contributed by atoms with E-state index in [4.69, 9.17) is 0 Å². The van der Waals surface area contributed by atoms with Crippen LogP contribution in [-0.4, -0.2) is 0 Å². The number of hydrogen-bond donors (Lipinski definition) is 0. The molecular formula is C29H21P. The van der Waals surface area contributed by atoms with Crippen LogP contribution in [0.1, 0.15) is 11.1 Å². The van der Waals surface area contributed by atoms with E-state index < -0.39 is 0 Å². The van der Waals surface area contributed by atoms with Crippen LogP contribution >= 0.6 is 8.19 Å². The van der Waals surface area contributed by atoms with Crippen LogP contribution in [0.3, 0.4) is 0 Å². The van der Waals surface area contributed by atoms with E-state index in [-0.39, 0.29) is 0 Å². The normalized spacial score (nSPS) is 11.7. The van der Waals surface area contributed by atoms with Crippen molar-refractivity contribution in [1.82, 2.24) is 0 Å². The van der Waals surface area contributed by atoms with Crippen LogP contribution in [0.5, 0.6) is 0 Å². The van der Waals surface area contributed by atoms with Crippen molar-refractivity contribution in [2.24, 2.45) is 0 Å². The molecule has 0 amide bonds. The van der Waals surface area contributed by atoms with Crippen LogP contribution in [0.15, 0.2) is 109 Å². The van der Waals surface area contributed by atoms with Gasteiger partial charge in [0.1, 0.15) is 0 Å². The van der Waals surface area contributed by atoms with Gasteiger partial charge in [0.25, 0.3) is 0 Å². The van der Waals surface area contributed by atoms with Crippen molar-refractivity contribution in [3.05, 3.63) is 120 Å². The van der Waals surface area contributed by atoms with Crippen molar-refractivity contribution in [3.63, 3.8) is 0 Å². The molecule has 1 atom stereocenters. The minimum atomic E-state index is 0.758. The first kappa shape index (κ1) is 17.5. The highest BCUT2D eigenvalue weighted by Crippen LogP contribution is 2.39. The van der Waals surface area contributed by atoms with E-state index in [1.54, 1.807) is 0 Å². The molecule has 1 heteroatoms. The highest BCUT2D eigenvalue weighted by molar-refractivity contribution is 7.43. The molecule has 0 aliphatic carbocycles. The molecule has 0 saturated carbocycles. The molecule has 0 spiro atoms. The molecular weight excluding hydrogens is 379 g/mol. The zero-order valence-corrected chi connectivity index (χ0v) is 17.6. The maximum atomic E-state index is 2.39. The van der Waals surface area contributed by atoms with Crippen LogP contribution in [0, 0.1) is 0 Å². The molecule has 6 rings (SSSR count). The Morgan fingerprint density at radius 2 is 1.23 bits per heavy atom. The topological polar surface area (TPSA) is 0 Å². The SMILES string of the molecule is c1cc(Cc2ccc3ccccc3c2)cc(-c2ccc3c(c2)[pH]c2ccccc23)c1. The minimum absolute atomic E-state index is 0.758. The number of fused-ring (bicyclic) bond motifs is 4. The summed E-state index contributed by atoms with van der Waals surface area (Å²) in [6.45, 7) is 0. The van der Waals surface area contributed by atoms with Crippen LogP contribution in [-0.2, 0) is 6.42 Å². The Hall–Kier alpha value is -3.34. The third-order valence-electron chi connectivity index (χ3n) is 5.99. The fraction of sp³-hybridized carbons (Fsp3) is 0.0345. The summed E-state index contributed by atoms with van der Waals surface area (Å²) in [6.07, 6.45) is 0.955. The monoisotopic (exact) mass is 400 g/mol. The Morgan fingerprint density at radius 1 is 0.467 bits per heavy atom. The van der Waals surface area contributed by atoms with Crippen LogP contribution in [0.4, 0.5) is 0 Å². The summed E-state index contributed by atoms with van der Waals surface area (Å²) in [5.74, 6) is 0. The first-order valence-electron chi connectivity index (χ1n) is 10.4. The van der Waals surface area contributed by atoms with Crippen molar-refractivity contribution in [1.29, 1.82) is 0 Å². The molecule has 5 aromatic carbocycles. The molecule has 6 aromatic rings. The number of benzene rings is 5. The Kier molecular flexibility index (Phi) is 4.18. The molecule has 0 aliphatic heterocycles. The van der Waals surface area contributed by atoms with Gasteiger partial charge in [0.15, 0.2) is 0 Å². The van der Waals surface area contributed by atoms with E-state index in [2.05, 4.69) is 109 Å². The molecule has 0 bridgehead atoms. The third kappa shape index (κ3) is 3.11. The summed E-state index contributed by atoms with van der Waals surface area (Å²) in [5.41, 5.74) is 5.33. The maximum absolute atomic E-state index is 2.39. The molecule has 0 N–H and O–H groups in total. The van der Waals surface area contributed by atoms with E-state index in [9.17, 15) is 0 Å². The third-order valence-corrected chi connectivity index (χ3v) is 7.38. The van der Waals surface area contributed by atoms with Crippen LogP contribution in [0.25, 0.3) is 42.9 Å². The second kappa shape index (κ2) is 7.17. The van der Waals surface area contributed by atoms with Gasteiger partial charge in [0.05, 0.1) is 0 Å². The molecule has 0 aliphatic rings. The van der Waals surface area contributed by atoms with Gasteiger partial charge >= 0.3 is 0 Å². The Labute approximate surface area is 177 Å². The van der Waals surface area contributed by atoms with Gasteiger partial charge in [-0.1, -0.05) is 103 Å². The van der Waals surface area contributed by atoms with E-state index >= 15 is 0 Å². The summed E-state index contributed by atoms with van der Waals surface area (Å²) >= 11 is 0. The van der Waals surface area contributed by atoms with E-state index in [0.29, 0.717) is 0 Å². The summed E-state index contributed by atoms with van der Waals surface area (Å²) in [6, 6.07) is 40.2. The second-order valence-corrected chi connectivity index (χ2v) is 9.32. The highest BCUT2D eigenvalue weighted by atomic mass is 31.0. The molecule has 0 saturated heterocycles. The van der Waals surface area contributed by atoms with Crippen molar-refractivity contribution < 1.29 is 0 Å². The Morgan fingerprint density at radius 3 is 2.20 bits per heavy atom. The smallest absolute Gasteiger partial charge is 0.0000129 e. The fourth-order valence-corrected chi connectivity index (χ4v) is 5.88. The van der Waals surface area contributed by atoms with Crippen LogP contribution in [0.2, 0.25) is 0 Å². The standard InChI is InChI=1S/C29H21P/c1-2-8-23-18-21(12-13-22(23)7-1)16-20-6-5-9-24(17-20)25-14-15-27-26-10-3-4-11-28(26)30-29(27)19-25/h1-15,17-19,30H,16H2. The van der Waals surface area contributed by atoms with Gasteiger partial charge in [-0.2, -0.15) is 0 Å². The van der Waals surface area contributed by atoms with Gasteiger partial charge in [-0.15, -0.1) is 8.19 Å².